The molecule has 1 aromatic carbocycles. The van der Waals surface area contributed by atoms with Crippen LogP contribution in [-0.2, 0) is 7.05 Å². The average Bonchev–Trinajstić information content (AvgIpc) is 2.56. The topological polar surface area (TPSA) is 34.9 Å². The van der Waals surface area contributed by atoms with Gasteiger partial charge in [0.15, 0.2) is 6.29 Å². The third kappa shape index (κ3) is 1.90. The summed E-state index contributed by atoms with van der Waals surface area (Å²) in [5.41, 5.74) is 1.90. The lowest BCUT2D eigenvalue weighted by atomic mass is 10.1. The number of halogens is 2. The maximum Gasteiger partial charge on any atom is 0.155 e. The first-order valence-corrected chi connectivity index (χ1v) is 5.74. The van der Waals surface area contributed by atoms with Crippen molar-refractivity contribution < 1.29 is 4.79 Å². The van der Waals surface area contributed by atoms with Crippen LogP contribution in [0.3, 0.4) is 0 Å². The summed E-state index contributed by atoms with van der Waals surface area (Å²) in [6.45, 7) is 0. The number of aryl methyl sites for hydroxylation is 1. The lowest BCUT2D eigenvalue weighted by Crippen LogP contribution is -1.89. The van der Waals surface area contributed by atoms with E-state index in [0.717, 1.165) is 16.3 Å². The molecule has 0 atom stereocenters. The van der Waals surface area contributed by atoms with Gasteiger partial charge in [0.1, 0.15) is 10.8 Å². The molecule has 0 N–H and O–H groups in total. The molecule has 2 rings (SSSR count). The van der Waals surface area contributed by atoms with Gasteiger partial charge in [-0.05, 0) is 12.1 Å². The number of nitrogens with zero attached hydrogens (tertiary/aromatic N) is 2. The SMILES string of the molecule is Cn1nc(-c2ccc(Br)cc2)c(C=O)c1Cl. The standard InChI is InChI=1S/C11H8BrClN2O/c1-15-11(13)9(6-16)10(14-15)7-2-4-8(12)5-3-7/h2-6H,1H3. The van der Waals surface area contributed by atoms with E-state index in [4.69, 9.17) is 11.6 Å². The zero-order valence-corrected chi connectivity index (χ0v) is 10.8. The van der Waals surface area contributed by atoms with Crippen LogP contribution in [-0.4, -0.2) is 16.1 Å². The molecule has 0 saturated carbocycles. The average molecular weight is 300 g/mol. The van der Waals surface area contributed by atoms with Crippen molar-refractivity contribution in [1.29, 1.82) is 0 Å². The second-order valence-corrected chi connectivity index (χ2v) is 4.58. The largest absolute Gasteiger partial charge is 0.298 e. The molecule has 0 aliphatic carbocycles. The van der Waals surface area contributed by atoms with Crippen molar-refractivity contribution >= 4 is 33.8 Å². The molecule has 0 aliphatic rings. The summed E-state index contributed by atoms with van der Waals surface area (Å²) in [7, 11) is 1.71. The molecule has 0 bridgehead atoms. The van der Waals surface area contributed by atoms with Crippen molar-refractivity contribution in [3.05, 3.63) is 39.5 Å². The van der Waals surface area contributed by atoms with E-state index >= 15 is 0 Å². The summed E-state index contributed by atoms with van der Waals surface area (Å²) in [5, 5.41) is 4.57. The Hall–Kier alpha value is -1.13. The molecular formula is C11H8BrClN2O. The van der Waals surface area contributed by atoms with E-state index in [9.17, 15) is 4.79 Å². The highest BCUT2D eigenvalue weighted by Gasteiger charge is 2.15. The van der Waals surface area contributed by atoms with Crippen molar-refractivity contribution in [2.75, 3.05) is 0 Å². The van der Waals surface area contributed by atoms with Crippen LogP contribution >= 0.6 is 27.5 Å². The lowest BCUT2D eigenvalue weighted by molar-refractivity contribution is 0.112. The summed E-state index contributed by atoms with van der Waals surface area (Å²) in [6.07, 6.45) is 0.729. The van der Waals surface area contributed by atoms with Crippen LogP contribution in [0.25, 0.3) is 11.3 Å². The molecule has 0 spiro atoms. The first-order valence-electron chi connectivity index (χ1n) is 4.57. The van der Waals surface area contributed by atoms with E-state index in [1.54, 1.807) is 7.05 Å². The van der Waals surface area contributed by atoms with Crippen molar-refractivity contribution in [3.8, 4) is 11.3 Å². The Morgan fingerprint density at radius 1 is 1.38 bits per heavy atom. The van der Waals surface area contributed by atoms with E-state index in [2.05, 4.69) is 21.0 Å². The zero-order chi connectivity index (χ0) is 11.7. The number of hydrogen-bond acceptors (Lipinski definition) is 2. The molecule has 82 valence electrons. The second kappa shape index (κ2) is 4.39. The number of aromatic nitrogens is 2. The minimum atomic E-state index is 0.355. The highest BCUT2D eigenvalue weighted by Crippen LogP contribution is 2.27. The molecule has 5 heteroatoms. The van der Waals surface area contributed by atoms with Crippen molar-refractivity contribution in [3.63, 3.8) is 0 Å². The fourth-order valence-corrected chi connectivity index (χ4v) is 1.88. The van der Waals surface area contributed by atoms with E-state index in [1.165, 1.54) is 4.68 Å². The van der Waals surface area contributed by atoms with Crippen molar-refractivity contribution in [2.24, 2.45) is 7.05 Å². The van der Waals surface area contributed by atoms with Crippen LogP contribution in [0.5, 0.6) is 0 Å². The monoisotopic (exact) mass is 298 g/mol. The highest BCUT2D eigenvalue weighted by atomic mass is 79.9. The Morgan fingerprint density at radius 2 is 2.00 bits per heavy atom. The molecule has 1 aromatic heterocycles. The molecule has 3 nitrogen and oxygen atoms in total. The van der Waals surface area contributed by atoms with Crippen LogP contribution in [0.1, 0.15) is 10.4 Å². The van der Waals surface area contributed by atoms with Crippen molar-refractivity contribution in [2.45, 2.75) is 0 Å². The predicted octanol–water partition coefficient (Wildman–Crippen LogP) is 3.32. The van der Waals surface area contributed by atoms with E-state index in [1.807, 2.05) is 24.3 Å². The summed E-state index contributed by atoms with van der Waals surface area (Å²) in [4.78, 5) is 11.0. The quantitative estimate of drug-likeness (QED) is 0.797. The predicted molar refractivity (Wildman–Crippen MR) is 66.7 cm³/mol. The number of carbonyl (C=O) groups excluding carboxylic acids is 1. The Morgan fingerprint density at radius 3 is 2.56 bits per heavy atom. The molecule has 1 heterocycles. The third-order valence-electron chi connectivity index (χ3n) is 2.25. The van der Waals surface area contributed by atoms with E-state index < -0.39 is 0 Å². The summed E-state index contributed by atoms with van der Waals surface area (Å²) >= 11 is 9.31. The third-order valence-corrected chi connectivity index (χ3v) is 3.22. The fourth-order valence-electron chi connectivity index (χ4n) is 1.45. The van der Waals surface area contributed by atoms with E-state index in [-0.39, 0.29) is 0 Å². The summed E-state index contributed by atoms with van der Waals surface area (Å²) in [6, 6.07) is 7.56. The number of aldehydes is 1. The molecular weight excluding hydrogens is 291 g/mol. The second-order valence-electron chi connectivity index (χ2n) is 3.30. The number of hydrogen-bond donors (Lipinski definition) is 0. The van der Waals surface area contributed by atoms with Crippen molar-refractivity contribution in [1.82, 2.24) is 9.78 Å². The van der Waals surface area contributed by atoms with Gasteiger partial charge in [0.25, 0.3) is 0 Å². The van der Waals surface area contributed by atoms with Gasteiger partial charge in [-0.25, -0.2) is 0 Å². The molecule has 0 amide bonds. The normalized spacial score (nSPS) is 10.4. The Labute approximate surface area is 106 Å². The Kier molecular flexibility index (Phi) is 3.12. The molecule has 2 aromatic rings. The number of rotatable bonds is 2. The van der Waals surface area contributed by atoms with Gasteiger partial charge >= 0.3 is 0 Å². The highest BCUT2D eigenvalue weighted by molar-refractivity contribution is 9.10. The Balaban J connectivity index is 2.59. The minimum absolute atomic E-state index is 0.355. The van der Waals surface area contributed by atoms with Gasteiger partial charge in [0.05, 0.1) is 5.56 Å². The molecule has 0 saturated heterocycles. The van der Waals surface area contributed by atoms with Crippen LogP contribution in [0.15, 0.2) is 28.7 Å². The first kappa shape index (κ1) is 11.4. The fraction of sp³-hybridized carbons (Fsp3) is 0.0909. The molecule has 0 fully saturated rings. The van der Waals surface area contributed by atoms with Gasteiger partial charge < -0.3 is 0 Å². The van der Waals surface area contributed by atoms with E-state index in [0.29, 0.717) is 16.4 Å². The summed E-state index contributed by atoms with van der Waals surface area (Å²) < 4.78 is 2.47. The molecule has 16 heavy (non-hydrogen) atoms. The van der Waals surface area contributed by atoms with Crippen LogP contribution in [0.4, 0.5) is 0 Å². The van der Waals surface area contributed by atoms with Crippen LogP contribution in [0, 0.1) is 0 Å². The molecule has 0 radical (unpaired) electrons. The maximum atomic E-state index is 11.0. The van der Waals surface area contributed by atoms with Crippen LogP contribution < -0.4 is 0 Å². The smallest absolute Gasteiger partial charge is 0.155 e. The van der Waals surface area contributed by atoms with Gasteiger partial charge in [0, 0.05) is 17.1 Å². The maximum absolute atomic E-state index is 11.0. The molecule has 0 unspecified atom stereocenters. The van der Waals surface area contributed by atoms with Gasteiger partial charge in [-0.15, -0.1) is 0 Å². The lowest BCUT2D eigenvalue weighted by Gasteiger charge is -1.97. The summed E-state index contributed by atoms with van der Waals surface area (Å²) in [5.74, 6) is 0. The minimum Gasteiger partial charge on any atom is -0.298 e. The van der Waals surface area contributed by atoms with Gasteiger partial charge in [-0.3, -0.25) is 9.48 Å². The molecule has 0 aliphatic heterocycles. The van der Waals surface area contributed by atoms with Gasteiger partial charge in [-0.2, -0.15) is 5.10 Å². The Bertz CT molecular complexity index is 534. The number of carbonyl (C=O) groups is 1. The number of benzene rings is 1. The van der Waals surface area contributed by atoms with Gasteiger partial charge in [0.2, 0.25) is 0 Å². The van der Waals surface area contributed by atoms with Crippen LogP contribution in [0.2, 0.25) is 5.15 Å². The zero-order valence-electron chi connectivity index (χ0n) is 8.45. The first-order chi connectivity index (χ1) is 7.63. The van der Waals surface area contributed by atoms with Gasteiger partial charge in [-0.1, -0.05) is 39.7 Å².